The minimum atomic E-state index is -0.916. The lowest BCUT2D eigenvalue weighted by Gasteiger charge is -2.08. The van der Waals surface area contributed by atoms with E-state index in [0.717, 1.165) is 4.47 Å². The van der Waals surface area contributed by atoms with Crippen LogP contribution in [0.25, 0.3) is 0 Å². The summed E-state index contributed by atoms with van der Waals surface area (Å²) < 4.78 is 24.1. The third-order valence-electron chi connectivity index (χ3n) is 2.68. The average molecular weight is 289 g/mol. The third kappa shape index (κ3) is 1.74. The van der Waals surface area contributed by atoms with Crippen LogP contribution >= 0.6 is 15.9 Å². The Kier molecular flexibility index (Phi) is 2.75. The number of ether oxygens (including phenoxy) is 2. The highest BCUT2D eigenvalue weighted by Gasteiger charge is 2.60. The zero-order valence-electron chi connectivity index (χ0n) is 8.79. The van der Waals surface area contributed by atoms with Crippen molar-refractivity contribution in [1.29, 1.82) is 0 Å². The SMILES string of the molecule is COC(=O)C1OC1(C)c1cc(Br)ccc1F. The Labute approximate surface area is 101 Å². The minimum Gasteiger partial charge on any atom is -0.467 e. The number of halogens is 2. The summed E-state index contributed by atoms with van der Waals surface area (Å²) in [4.78, 5) is 11.3. The average Bonchev–Trinajstić information content (AvgIpc) is 2.94. The van der Waals surface area contributed by atoms with Gasteiger partial charge in [-0.1, -0.05) is 15.9 Å². The summed E-state index contributed by atoms with van der Waals surface area (Å²) >= 11 is 3.25. The van der Waals surface area contributed by atoms with Crippen LogP contribution in [0.4, 0.5) is 4.39 Å². The smallest absolute Gasteiger partial charge is 0.338 e. The van der Waals surface area contributed by atoms with Gasteiger partial charge in [0.1, 0.15) is 11.4 Å². The Bertz CT molecular complexity index is 449. The monoisotopic (exact) mass is 288 g/mol. The Hall–Kier alpha value is -0.940. The molecule has 1 aromatic carbocycles. The molecule has 0 saturated carbocycles. The molecule has 0 spiro atoms. The molecule has 2 atom stereocenters. The summed E-state index contributed by atoms with van der Waals surface area (Å²) in [5.74, 6) is -0.876. The van der Waals surface area contributed by atoms with Crippen LogP contribution in [0.1, 0.15) is 12.5 Å². The molecule has 0 aromatic heterocycles. The summed E-state index contributed by atoms with van der Waals surface area (Å²) in [6, 6.07) is 4.54. The van der Waals surface area contributed by atoms with Gasteiger partial charge in [0, 0.05) is 10.0 Å². The second-order valence-corrected chi connectivity index (χ2v) is 4.67. The van der Waals surface area contributed by atoms with E-state index < -0.39 is 23.5 Å². The largest absolute Gasteiger partial charge is 0.467 e. The number of hydrogen-bond acceptors (Lipinski definition) is 3. The molecule has 5 heteroatoms. The molecular formula is C11H10BrFO3. The molecule has 0 N–H and O–H groups in total. The maximum atomic E-state index is 13.6. The third-order valence-corrected chi connectivity index (χ3v) is 3.18. The number of carbonyl (C=O) groups is 1. The van der Waals surface area contributed by atoms with Gasteiger partial charge in [-0.05, 0) is 25.1 Å². The van der Waals surface area contributed by atoms with Gasteiger partial charge in [0.2, 0.25) is 0 Å². The molecule has 0 amide bonds. The lowest BCUT2D eigenvalue weighted by molar-refractivity contribution is -0.142. The molecular weight excluding hydrogens is 279 g/mol. The second-order valence-electron chi connectivity index (χ2n) is 3.75. The van der Waals surface area contributed by atoms with Crippen molar-refractivity contribution in [3.05, 3.63) is 34.1 Å². The summed E-state index contributed by atoms with van der Waals surface area (Å²) in [6.45, 7) is 1.67. The molecule has 1 aliphatic rings. The van der Waals surface area contributed by atoms with E-state index in [4.69, 9.17) is 4.74 Å². The van der Waals surface area contributed by atoms with Crippen molar-refractivity contribution in [3.8, 4) is 0 Å². The molecule has 0 bridgehead atoms. The fraction of sp³-hybridized carbons (Fsp3) is 0.364. The van der Waals surface area contributed by atoms with E-state index in [1.54, 1.807) is 19.1 Å². The number of rotatable bonds is 2. The fourth-order valence-electron chi connectivity index (χ4n) is 1.67. The number of benzene rings is 1. The molecule has 1 fully saturated rings. The van der Waals surface area contributed by atoms with Crippen LogP contribution < -0.4 is 0 Å². The van der Waals surface area contributed by atoms with Crippen molar-refractivity contribution in [2.75, 3.05) is 7.11 Å². The Morgan fingerprint density at radius 2 is 2.31 bits per heavy atom. The summed E-state index contributed by atoms with van der Waals surface area (Å²) in [5, 5.41) is 0. The predicted octanol–water partition coefficient (Wildman–Crippen LogP) is 2.38. The van der Waals surface area contributed by atoms with Crippen LogP contribution in [0.5, 0.6) is 0 Å². The summed E-state index contributed by atoms with van der Waals surface area (Å²) in [6.07, 6.45) is -0.721. The second kappa shape index (κ2) is 3.82. The first-order chi connectivity index (χ1) is 7.49. The molecule has 1 saturated heterocycles. The van der Waals surface area contributed by atoms with Gasteiger partial charge in [-0.3, -0.25) is 0 Å². The van der Waals surface area contributed by atoms with Gasteiger partial charge < -0.3 is 9.47 Å². The van der Waals surface area contributed by atoms with E-state index in [2.05, 4.69) is 20.7 Å². The normalized spacial score (nSPS) is 27.6. The number of epoxide rings is 1. The minimum absolute atomic E-state index is 0.359. The number of esters is 1. The molecule has 2 rings (SSSR count). The van der Waals surface area contributed by atoms with Gasteiger partial charge in [0.25, 0.3) is 0 Å². The Balaban J connectivity index is 2.33. The lowest BCUT2D eigenvalue weighted by atomic mass is 9.97. The lowest BCUT2D eigenvalue weighted by Crippen LogP contribution is -2.18. The molecule has 0 radical (unpaired) electrons. The fourth-order valence-corrected chi connectivity index (χ4v) is 2.03. The molecule has 2 unspecified atom stereocenters. The molecule has 3 nitrogen and oxygen atoms in total. The van der Waals surface area contributed by atoms with Gasteiger partial charge in [0.15, 0.2) is 6.10 Å². The first-order valence-electron chi connectivity index (χ1n) is 4.70. The summed E-state index contributed by atoms with van der Waals surface area (Å²) in [5.41, 5.74) is -0.557. The van der Waals surface area contributed by atoms with E-state index in [9.17, 15) is 9.18 Å². The van der Waals surface area contributed by atoms with Crippen LogP contribution in [-0.4, -0.2) is 19.2 Å². The topological polar surface area (TPSA) is 38.8 Å². The first-order valence-corrected chi connectivity index (χ1v) is 5.49. The molecule has 0 aliphatic carbocycles. The molecule has 1 aromatic rings. The molecule has 1 heterocycles. The van der Waals surface area contributed by atoms with Crippen molar-refractivity contribution in [2.45, 2.75) is 18.6 Å². The number of carbonyl (C=O) groups excluding carboxylic acids is 1. The highest BCUT2D eigenvalue weighted by Crippen LogP contribution is 2.47. The van der Waals surface area contributed by atoms with Crippen LogP contribution in [0.2, 0.25) is 0 Å². The summed E-state index contributed by atoms with van der Waals surface area (Å²) in [7, 11) is 1.28. The zero-order valence-corrected chi connectivity index (χ0v) is 10.4. The van der Waals surface area contributed by atoms with Crippen LogP contribution in [-0.2, 0) is 19.9 Å². The van der Waals surface area contributed by atoms with Crippen molar-refractivity contribution < 1.29 is 18.7 Å². The van der Waals surface area contributed by atoms with Crippen LogP contribution in [0.3, 0.4) is 0 Å². The molecule has 86 valence electrons. The maximum Gasteiger partial charge on any atom is 0.338 e. The van der Waals surface area contributed by atoms with Crippen molar-refractivity contribution >= 4 is 21.9 Å². The van der Waals surface area contributed by atoms with Gasteiger partial charge in [-0.25, -0.2) is 9.18 Å². The highest BCUT2D eigenvalue weighted by molar-refractivity contribution is 9.10. The van der Waals surface area contributed by atoms with E-state index >= 15 is 0 Å². The zero-order chi connectivity index (χ0) is 11.9. The molecule has 16 heavy (non-hydrogen) atoms. The van der Waals surface area contributed by atoms with Crippen molar-refractivity contribution in [1.82, 2.24) is 0 Å². The standard InChI is InChI=1S/C11H10BrFO3/c1-11(9(16-11)10(14)15-2)7-5-6(12)3-4-8(7)13/h3-5,9H,1-2H3. The number of methoxy groups -OCH3 is 1. The van der Waals surface area contributed by atoms with Gasteiger partial charge in [-0.15, -0.1) is 0 Å². The Morgan fingerprint density at radius 3 is 2.94 bits per heavy atom. The van der Waals surface area contributed by atoms with Crippen LogP contribution in [0, 0.1) is 5.82 Å². The van der Waals surface area contributed by atoms with Crippen molar-refractivity contribution in [3.63, 3.8) is 0 Å². The van der Waals surface area contributed by atoms with Crippen molar-refractivity contribution in [2.24, 2.45) is 0 Å². The van der Waals surface area contributed by atoms with E-state index in [-0.39, 0.29) is 0 Å². The number of hydrogen-bond donors (Lipinski definition) is 0. The maximum absolute atomic E-state index is 13.6. The van der Waals surface area contributed by atoms with E-state index in [1.165, 1.54) is 13.2 Å². The first kappa shape index (κ1) is 11.5. The predicted molar refractivity (Wildman–Crippen MR) is 58.3 cm³/mol. The highest BCUT2D eigenvalue weighted by atomic mass is 79.9. The van der Waals surface area contributed by atoms with E-state index in [1.807, 2.05) is 0 Å². The molecule has 1 aliphatic heterocycles. The Morgan fingerprint density at radius 1 is 1.62 bits per heavy atom. The van der Waals surface area contributed by atoms with E-state index in [0.29, 0.717) is 5.56 Å². The van der Waals surface area contributed by atoms with Gasteiger partial charge >= 0.3 is 5.97 Å². The van der Waals surface area contributed by atoms with Crippen LogP contribution in [0.15, 0.2) is 22.7 Å². The quantitative estimate of drug-likeness (QED) is 0.620. The van der Waals surface area contributed by atoms with Gasteiger partial charge in [0.05, 0.1) is 7.11 Å². The van der Waals surface area contributed by atoms with Gasteiger partial charge in [-0.2, -0.15) is 0 Å².